The first-order valence-electron chi connectivity index (χ1n) is 11.1. The van der Waals surface area contributed by atoms with Crippen LogP contribution in [0.5, 0.6) is 5.75 Å². The van der Waals surface area contributed by atoms with Crippen molar-refractivity contribution < 1.29 is 27.5 Å². The third-order valence-electron chi connectivity index (χ3n) is 5.18. The van der Waals surface area contributed by atoms with Crippen molar-refractivity contribution in [2.24, 2.45) is 0 Å². The Morgan fingerprint density at radius 2 is 1.78 bits per heavy atom. The number of rotatable bonds is 8. The summed E-state index contributed by atoms with van der Waals surface area (Å²) in [5.41, 5.74) is 5.29. The number of nitrogens with one attached hydrogen (secondary N) is 5. The maximum Gasteiger partial charge on any atom is 0.416 e. The first kappa shape index (κ1) is 26.4. The van der Waals surface area contributed by atoms with E-state index in [1.54, 1.807) is 13.3 Å². The fraction of sp³-hybridized carbons (Fsp3) is 0.292. The van der Waals surface area contributed by atoms with Crippen LogP contribution in [0.3, 0.4) is 0 Å². The van der Waals surface area contributed by atoms with E-state index in [9.17, 15) is 22.8 Å². The third kappa shape index (κ3) is 7.65. The van der Waals surface area contributed by atoms with Crippen LogP contribution in [-0.2, 0) is 6.18 Å². The normalized spacial score (nSPS) is 11.9. The van der Waals surface area contributed by atoms with Crippen LogP contribution in [-0.4, -0.2) is 36.7 Å². The Bertz CT molecular complexity index is 1190. The predicted molar refractivity (Wildman–Crippen MR) is 131 cm³/mol. The van der Waals surface area contributed by atoms with Crippen molar-refractivity contribution in [3.05, 3.63) is 60.3 Å². The summed E-state index contributed by atoms with van der Waals surface area (Å²) in [5, 5.41) is 9.32. The average molecular weight is 505 g/mol. The van der Waals surface area contributed by atoms with Gasteiger partial charge in [0.2, 0.25) is 0 Å². The summed E-state index contributed by atoms with van der Waals surface area (Å²) in [6.07, 6.45) is -1.33. The number of nitrogens with zero attached hydrogens (tertiary/aromatic N) is 1. The molecule has 3 aromatic rings. The van der Waals surface area contributed by atoms with Crippen molar-refractivity contribution in [1.82, 2.24) is 21.2 Å². The predicted octanol–water partition coefficient (Wildman–Crippen LogP) is 4.88. The number of carbonyl (C=O) groups is 2. The summed E-state index contributed by atoms with van der Waals surface area (Å²) in [4.78, 5) is 28.1. The van der Waals surface area contributed by atoms with Crippen molar-refractivity contribution in [3.8, 4) is 5.75 Å². The maximum absolute atomic E-state index is 12.6. The number of ether oxygens (including phenoxy) is 1. The van der Waals surface area contributed by atoms with Gasteiger partial charge in [-0.15, -0.1) is 0 Å². The molecule has 0 radical (unpaired) electrons. The number of aromatic nitrogens is 1. The number of carbonyl (C=O) groups excluding carboxylic acids is 2. The zero-order valence-corrected chi connectivity index (χ0v) is 19.7. The Balaban J connectivity index is 1.36. The summed E-state index contributed by atoms with van der Waals surface area (Å²) in [6.45, 7) is 2.37. The van der Waals surface area contributed by atoms with Crippen LogP contribution in [0.2, 0.25) is 0 Å². The smallest absolute Gasteiger partial charge is 0.416 e. The Morgan fingerprint density at radius 1 is 1.06 bits per heavy atom. The van der Waals surface area contributed by atoms with Gasteiger partial charge in [-0.25, -0.2) is 20.4 Å². The molecule has 0 bridgehead atoms. The third-order valence-corrected chi connectivity index (χ3v) is 5.18. The number of pyridine rings is 1. The van der Waals surface area contributed by atoms with Crippen molar-refractivity contribution in [3.63, 3.8) is 0 Å². The van der Waals surface area contributed by atoms with E-state index in [1.807, 2.05) is 31.2 Å². The van der Waals surface area contributed by atoms with Crippen LogP contribution in [0.25, 0.3) is 10.9 Å². The second kappa shape index (κ2) is 12.0. The minimum atomic E-state index is -4.46. The monoisotopic (exact) mass is 504 g/mol. The van der Waals surface area contributed by atoms with Gasteiger partial charge in [0.15, 0.2) is 0 Å². The molecule has 3 rings (SSSR count). The van der Waals surface area contributed by atoms with Crippen LogP contribution in [0, 0.1) is 0 Å². The minimum absolute atomic E-state index is 0.0832. The molecule has 0 aliphatic rings. The van der Waals surface area contributed by atoms with Gasteiger partial charge in [0.05, 0.1) is 23.9 Å². The Morgan fingerprint density at radius 3 is 2.47 bits per heavy atom. The van der Waals surface area contributed by atoms with Crippen molar-refractivity contribution in [2.75, 3.05) is 24.3 Å². The van der Waals surface area contributed by atoms with Gasteiger partial charge in [-0.3, -0.25) is 4.98 Å². The lowest BCUT2D eigenvalue weighted by Crippen LogP contribution is -2.48. The summed E-state index contributed by atoms with van der Waals surface area (Å²) in [6, 6.07) is 10.2. The molecule has 1 atom stereocenters. The highest BCUT2D eigenvalue weighted by atomic mass is 19.4. The molecule has 2 aromatic carbocycles. The Hall–Kier alpha value is -4.22. The minimum Gasteiger partial charge on any atom is -0.497 e. The molecule has 9 nitrogen and oxygen atoms in total. The average Bonchev–Trinajstić information content (AvgIpc) is 2.85. The quantitative estimate of drug-likeness (QED) is 0.222. The fourth-order valence-electron chi connectivity index (χ4n) is 3.40. The van der Waals surface area contributed by atoms with Gasteiger partial charge in [-0.2, -0.15) is 13.2 Å². The van der Waals surface area contributed by atoms with Gasteiger partial charge in [-0.1, -0.05) is 6.07 Å². The molecule has 192 valence electrons. The molecular formula is C24H27F3N6O3. The molecule has 5 N–H and O–H groups in total. The Labute approximate surface area is 205 Å². The topological polar surface area (TPSA) is 116 Å². The van der Waals surface area contributed by atoms with Gasteiger partial charge in [0.1, 0.15) is 5.75 Å². The first-order valence-corrected chi connectivity index (χ1v) is 11.1. The van der Waals surface area contributed by atoms with Crippen LogP contribution < -0.4 is 31.5 Å². The summed E-state index contributed by atoms with van der Waals surface area (Å²) in [5.74, 6) is 0.721. The molecule has 12 heteroatoms. The summed E-state index contributed by atoms with van der Waals surface area (Å²) >= 11 is 0. The lowest BCUT2D eigenvalue weighted by Gasteiger charge is -2.17. The molecule has 4 amide bonds. The van der Waals surface area contributed by atoms with Crippen LogP contribution >= 0.6 is 0 Å². The summed E-state index contributed by atoms with van der Waals surface area (Å²) in [7, 11) is 1.61. The number of fused-ring (bicyclic) bond motifs is 1. The molecule has 1 heterocycles. The number of benzene rings is 2. The van der Waals surface area contributed by atoms with Crippen LogP contribution in [0.4, 0.5) is 34.1 Å². The molecule has 0 saturated carbocycles. The number of halogens is 3. The number of anilines is 2. The van der Waals surface area contributed by atoms with E-state index in [0.717, 1.165) is 53.0 Å². The number of hydrazine groups is 1. The van der Waals surface area contributed by atoms with E-state index in [1.165, 1.54) is 0 Å². The van der Waals surface area contributed by atoms with Gasteiger partial charge >= 0.3 is 18.2 Å². The van der Waals surface area contributed by atoms with E-state index >= 15 is 0 Å². The van der Waals surface area contributed by atoms with E-state index in [4.69, 9.17) is 4.74 Å². The lowest BCUT2D eigenvalue weighted by molar-refractivity contribution is -0.137. The molecule has 0 aliphatic heterocycles. The van der Waals surface area contributed by atoms with E-state index < -0.39 is 23.8 Å². The zero-order valence-electron chi connectivity index (χ0n) is 19.7. The number of methoxy groups -OCH3 is 1. The van der Waals surface area contributed by atoms with Crippen molar-refractivity contribution in [1.29, 1.82) is 0 Å². The first-order chi connectivity index (χ1) is 17.2. The number of alkyl halides is 3. The number of urea groups is 2. The van der Waals surface area contributed by atoms with Crippen molar-refractivity contribution in [2.45, 2.75) is 32.0 Å². The molecule has 36 heavy (non-hydrogen) atoms. The highest BCUT2D eigenvalue weighted by Gasteiger charge is 2.30. The van der Waals surface area contributed by atoms with E-state index in [2.05, 4.69) is 31.8 Å². The molecule has 0 aliphatic carbocycles. The molecule has 0 spiro atoms. The highest BCUT2D eigenvalue weighted by molar-refractivity contribution is 5.92. The Kier molecular flexibility index (Phi) is 8.76. The molecule has 0 fully saturated rings. The van der Waals surface area contributed by atoms with Crippen molar-refractivity contribution >= 4 is 34.3 Å². The molecule has 0 saturated heterocycles. The SMILES string of the molecule is COc1cc(NC(C)CCCNC(=O)NNC(=O)Nc2ccc(C(F)(F)F)cc2)c2ncccc2c1. The number of hydrogen-bond acceptors (Lipinski definition) is 5. The molecular weight excluding hydrogens is 477 g/mol. The van der Waals surface area contributed by atoms with Gasteiger partial charge in [0, 0.05) is 35.9 Å². The fourth-order valence-corrected chi connectivity index (χ4v) is 3.40. The maximum atomic E-state index is 12.6. The second-order valence-corrected chi connectivity index (χ2v) is 7.97. The van der Waals surface area contributed by atoms with Gasteiger partial charge < -0.3 is 20.7 Å². The molecule has 1 unspecified atom stereocenters. The van der Waals surface area contributed by atoms with Gasteiger partial charge in [0.25, 0.3) is 0 Å². The van der Waals surface area contributed by atoms with E-state index in [0.29, 0.717) is 13.0 Å². The highest BCUT2D eigenvalue weighted by Crippen LogP contribution is 2.30. The number of hydrogen-bond donors (Lipinski definition) is 5. The largest absolute Gasteiger partial charge is 0.497 e. The second-order valence-electron chi connectivity index (χ2n) is 7.97. The van der Waals surface area contributed by atoms with Gasteiger partial charge in [-0.05, 0) is 56.2 Å². The lowest BCUT2D eigenvalue weighted by atomic mass is 10.1. The number of amides is 4. The van der Waals surface area contributed by atoms with Crippen LogP contribution in [0.15, 0.2) is 54.7 Å². The van der Waals surface area contributed by atoms with E-state index in [-0.39, 0.29) is 11.7 Å². The molecule has 1 aromatic heterocycles. The van der Waals surface area contributed by atoms with Crippen LogP contribution in [0.1, 0.15) is 25.3 Å². The zero-order chi connectivity index (χ0) is 26.1. The standard InChI is InChI=1S/C24H27F3N6O3/c1-15(30-20-14-19(36-2)13-16-6-4-11-28-21(16)20)5-3-12-29-22(34)32-33-23(35)31-18-9-7-17(8-10-18)24(25,26)27/h4,6-11,13-15,30H,3,5,12H2,1-2H3,(H2,29,32,34)(H2,31,33,35). The summed E-state index contributed by atoms with van der Waals surface area (Å²) < 4.78 is 43.1.